The monoisotopic (exact) mass is 392 g/mol. The number of rotatable bonds is 17. The quantitative estimate of drug-likeness (QED) is 0.162. The van der Waals surface area contributed by atoms with E-state index in [1.54, 1.807) is 6.92 Å². The zero-order valence-electron chi connectivity index (χ0n) is 16.6. The van der Waals surface area contributed by atoms with Gasteiger partial charge in [-0.25, -0.2) is 4.79 Å². The molecule has 154 valence electrons. The highest BCUT2D eigenvalue weighted by atomic mass is 32.2. The van der Waals surface area contributed by atoms with E-state index >= 15 is 0 Å². The van der Waals surface area contributed by atoms with Crippen LogP contribution in [0.1, 0.15) is 65.2 Å². The maximum Gasteiger partial charge on any atom is 0.333 e. The summed E-state index contributed by atoms with van der Waals surface area (Å²) in [5, 5.41) is 0. The van der Waals surface area contributed by atoms with E-state index in [9.17, 15) is 13.2 Å². The second-order valence-electron chi connectivity index (χ2n) is 6.76. The highest BCUT2D eigenvalue weighted by molar-refractivity contribution is 7.85. The molecule has 0 aromatic rings. The molecule has 0 bridgehead atoms. The zero-order chi connectivity index (χ0) is 19.8. The van der Waals surface area contributed by atoms with Crippen molar-refractivity contribution in [1.82, 2.24) is 0 Å². The van der Waals surface area contributed by atoms with Crippen molar-refractivity contribution in [3.63, 3.8) is 0 Å². The molecule has 0 rings (SSSR count). The lowest BCUT2D eigenvalue weighted by Gasteiger charge is -2.17. The predicted octanol–water partition coefficient (Wildman–Crippen LogP) is 3.86. The van der Waals surface area contributed by atoms with Crippen molar-refractivity contribution in [3.8, 4) is 0 Å². The number of ether oxygens (including phenoxy) is 2. The Kier molecular flexibility index (Phi) is 14.6. The van der Waals surface area contributed by atoms with Gasteiger partial charge in [0.1, 0.15) is 0 Å². The molecule has 7 heteroatoms. The molecule has 26 heavy (non-hydrogen) atoms. The van der Waals surface area contributed by atoms with Crippen LogP contribution in [0.2, 0.25) is 0 Å². The fourth-order valence-electron chi connectivity index (χ4n) is 2.42. The fraction of sp³-hybridized carbons (Fsp3) is 0.842. The van der Waals surface area contributed by atoms with E-state index in [-0.39, 0.29) is 25.7 Å². The van der Waals surface area contributed by atoms with E-state index in [1.807, 2.05) is 0 Å². The normalized spacial score (nSPS) is 12.7. The molecular formula is C19H36O6S. The lowest BCUT2D eigenvalue weighted by atomic mass is 10.0. The molecule has 0 N–H and O–H groups in total. The van der Waals surface area contributed by atoms with Crippen molar-refractivity contribution in [2.24, 2.45) is 5.92 Å². The van der Waals surface area contributed by atoms with Gasteiger partial charge < -0.3 is 9.47 Å². The van der Waals surface area contributed by atoms with E-state index in [0.717, 1.165) is 25.5 Å². The van der Waals surface area contributed by atoms with Crippen LogP contribution in [-0.4, -0.2) is 47.1 Å². The molecule has 1 atom stereocenters. The first-order chi connectivity index (χ1) is 12.3. The molecule has 0 amide bonds. The van der Waals surface area contributed by atoms with Gasteiger partial charge in [-0.1, -0.05) is 58.4 Å². The molecule has 0 heterocycles. The van der Waals surface area contributed by atoms with Crippen LogP contribution in [0.3, 0.4) is 0 Å². The zero-order valence-corrected chi connectivity index (χ0v) is 17.4. The highest BCUT2D eigenvalue weighted by Crippen LogP contribution is 2.14. The van der Waals surface area contributed by atoms with Crippen molar-refractivity contribution >= 4 is 16.1 Å². The molecule has 1 unspecified atom stereocenters. The SMILES string of the molecule is C=C(C)C(=O)OCC(CCCCCCCCC)COCCOS(C)(=O)=O. The third kappa shape index (κ3) is 16.5. The fourth-order valence-corrected chi connectivity index (χ4v) is 2.79. The predicted molar refractivity (Wildman–Crippen MR) is 103 cm³/mol. The van der Waals surface area contributed by atoms with Gasteiger partial charge in [-0.15, -0.1) is 0 Å². The van der Waals surface area contributed by atoms with Crippen LogP contribution >= 0.6 is 0 Å². The lowest BCUT2D eigenvalue weighted by molar-refractivity contribution is -0.141. The third-order valence-corrected chi connectivity index (χ3v) is 4.49. The van der Waals surface area contributed by atoms with Crippen molar-refractivity contribution < 1.29 is 26.9 Å². The summed E-state index contributed by atoms with van der Waals surface area (Å²) in [6.45, 7) is 8.28. The molecule has 0 spiro atoms. The minimum Gasteiger partial charge on any atom is -0.462 e. The smallest absolute Gasteiger partial charge is 0.333 e. The Bertz CT molecular complexity index is 486. The summed E-state index contributed by atoms with van der Waals surface area (Å²) in [5.74, 6) is -0.304. The average Bonchev–Trinajstić information content (AvgIpc) is 2.56. The van der Waals surface area contributed by atoms with Crippen LogP contribution in [0.5, 0.6) is 0 Å². The lowest BCUT2D eigenvalue weighted by Crippen LogP contribution is -2.21. The van der Waals surface area contributed by atoms with E-state index in [2.05, 4.69) is 17.7 Å². The Morgan fingerprint density at radius 1 is 1.00 bits per heavy atom. The average molecular weight is 393 g/mol. The van der Waals surface area contributed by atoms with Crippen LogP contribution in [-0.2, 0) is 28.6 Å². The summed E-state index contributed by atoms with van der Waals surface area (Å²) >= 11 is 0. The molecule has 0 saturated heterocycles. The number of hydrogen-bond donors (Lipinski definition) is 0. The largest absolute Gasteiger partial charge is 0.462 e. The first kappa shape index (κ1) is 25.1. The minimum absolute atomic E-state index is 0.00542. The van der Waals surface area contributed by atoms with Gasteiger partial charge in [0.05, 0.1) is 32.7 Å². The Balaban J connectivity index is 4.08. The van der Waals surface area contributed by atoms with Crippen molar-refractivity contribution in [1.29, 1.82) is 0 Å². The summed E-state index contributed by atoms with van der Waals surface area (Å²) in [4.78, 5) is 11.6. The first-order valence-electron chi connectivity index (χ1n) is 9.51. The van der Waals surface area contributed by atoms with E-state index < -0.39 is 16.1 Å². The third-order valence-electron chi connectivity index (χ3n) is 3.89. The summed E-state index contributed by atoms with van der Waals surface area (Å²) in [5.41, 5.74) is 0.377. The van der Waals surface area contributed by atoms with Crippen molar-refractivity contribution in [2.45, 2.75) is 65.2 Å². The maximum absolute atomic E-state index is 11.6. The van der Waals surface area contributed by atoms with Gasteiger partial charge in [0.25, 0.3) is 10.1 Å². The Hall–Kier alpha value is -0.920. The summed E-state index contributed by atoms with van der Waals surface area (Å²) < 4.78 is 37.2. The van der Waals surface area contributed by atoms with Gasteiger partial charge in [-0.05, 0) is 13.3 Å². The minimum atomic E-state index is -3.44. The Morgan fingerprint density at radius 3 is 2.19 bits per heavy atom. The summed E-state index contributed by atoms with van der Waals surface area (Å²) in [6.07, 6.45) is 10.5. The van der Waals surface area contributed by atoms with Gasteiger partial charge in [0.15, 0.2) is 0 Å². The standard InChI is InChI=1S/C19H36O6S/c1-5-6-7-8-9-10-11-12-18(16-24-19(20)17(2)3)15-23-13-14-25-26(4,21)22/h18H,2,5-16H2,1,3-4H3. The van der Waals surface area contributed by atoms with Crippen LogP contribution < -0.4 is 0 Å². The maximum atomic E-state index is 11.6. The molecule has 0 aliphatic carbocycles. The van der Waals surface area contributed by atoms with E-state index in [0.29, 0.717) is 12.2 Å². The van der Waals surface area contributed by atoms with Crippen molar-refractivity contribution in [2.75, 3.05) is 32.7 Å². The highest BCUT2D eigenvalue weighted by Gasteiger charge is 2.13. The van der Waals surface area contributed by atoms with Gasteiger partial charge >= 0.3 is 5.97 Å². The molecule has 0 aromatic carbocycles. The second kappa shape index (κ2) is 15.2. The van der Waals surface area contributed by atoms with Gasteiger partial charge in [-0.2, -0.15) is 8.42 Å². The molecular weight excluding hydrogens is 356 g/mol. The topological polar surface area (TPSA) is 78.9 Å². The second-order valence-corrected chi connectivity index (χ2v) is 8.40. The van der Waals surface area contributed by atoms with Crippen LogP contribution in [0, 0.1) is 5.92 Å². The molecule has 6 nitrogen and oxygen atoms in total. The summed E-state index contributed by atoms with van der Waals surface area (Å²) in [6, 6.07) is 0. The first-order valence-corrected chi connectivity index (χ1v) is 11.3. The number of unbranched alkanes of at least 4 members (excludes halogenated alkanes) is 6. The number of hydrogen-bond acceptors (Lipinski definition) is 6. The molecule has 0 saturated carbocycles. The Morgan fingerprint density at radius 2 is 1.62 bits per heavy atom. The molecule has 0 aromatic heterocycles. The molecule has 0 radical (unpaired) electrons. The Labute approximate surface area is 159 Å². The van der Waals surface area contributed by atoms with Crippen LogP contribution in [0.4, 0.5) is 0 Å². The van der Waals surface area contributed by atoms with Gasteiger partial charge in [0, 0.05) is 11.5 Å². The van der Waals surface area contributed by atoms with E-state index in [1.165, 1.54) is 32.1 Å². The van der Waals surface area contributed by atoms with Crippen LogP contribution in [0.15, 0.2) is 12.2 Å². The van der Waals surface area contributed by atoms with Crippen molar-refractivity contribution in [3.05, 3.63) is 12.2 Å². The number of carbonyl (C=O) groups excluding carboxylic acids is 1. The van der Waals surface area contributed by atoms with Crippen LogP contribution in [0.25, 0.3) is 0 Å². The molecule has 0 aliphatic heterocycles. The summed E-state index contributed by atoms with van der Waals surface area (Å²) in [7, 11) is -3.44. The van der Waals surface area contributed by atoms with Gasteiger partial charge in [0.2, 0.25) is 0 Å². The molecule has 0 fully saturated rings. The van der Waals surface area contributed by atoms with Gasteiger partial charge in [-0.3, -0.25) is 4.18 Å². The van der Waals surface area contributed by atoms with E-state index in [4.69, 9.17) is 9.47 Å². The number of carbonyl (C=O) groups is 1. The molecule has 0 aliphatic rings. The number of esters is 1.